The van der Waals surface area contributed by atoms with Crippen LogP contribution in [-0.4, -0.2) is 30.4 Å². The van der Waals surface area contributed by atoms with E-state index in [-0.39, 0.29) is 30.8 Å². The van der Waals surface area contributed by atoms with Gasteiger partial charge in [0, 0.05) is 24.7 Å². The number of piperazine rings is 1. The van der Waals surface area contributed by atoms with Crippen molar-refractivity contribution in [2.75, 3.05) is 19.6 Å². The van der Waals surface area contributed by atoms with E-state index in [0.29, 0.717) is 30.2 Å². The zero-order chi connectivity index (χ0) is 17.1. The first kappa shape index (κ1) is 19.6. The molecule has 0 aromatic heterocycles. The summed E-state index contributed by atoms with van der Waals surface area (Å²) in [7, 11) is 0. The monoisotopic (exact) mass is 386 g/mol. The topological polar surface area (TPSA) is 32.3 Å². The molecule has 0 spiro atoms. The van der Waals surface area contributed by atoms with Gasteiger partial charge in [0.1, 0.15) is 0 Å². The van der Waals surface area contributed by atoms with Crippen LogP contribution in [-0.2, 0) is 11.2 Å². The average molecular weight is 387 g/mol. The normalized spacial score (nSPS) is 17.1. The summed E-state index contributed by atoms with van der Waals surface area (Å²) in [5.74, 6) is -1.97. The highest BCUT2D eigenvalue weighted by molar-refractivity contribution is 6.30. The van der Waals surface area contributed by atoms with Crippen molar-refractivity contribution in [1.29, 1.82) is 0 Å². The molecule has 0 radical (unpaired) electrons. The summed E-state index contributed by atoms with van der Waals surface area (Å²) < 4.78 is 26.4. The molecule has 2 aromatic rings. The van der Waals surface area contributed by atoms with E-state index in [2.05, 4.69) is 5.32 Å². The summed E-state index contributed by atoms with van der Waals surface area (Å²) in [5, 5.41) is 3.89. The van der Waals surface area contributed by atoms with Gasteiger partial charge in [-0.1, -0.05) is 29.8 Å². The quantitative estimate of drug-likeness (QED) is 0.870. The summed E-state index contributed by atoms with van der Waals surface area (Å²) in [6.45, 7) is 1.88. The van der Waals surface area contributed by atoms with Crippen LogP contribution in [0, 0.1) is 11.6 Å². The lowest BCUT2D eigenvalue weighted by molar-refractivity contribution is -0.133. The van der Waals surface area contributed by atoms with Crippen LogP contribution in [0.25, 0.3) is 0 Å². The zero-order valence-corrected chi connectivity index (χ0v) is 14.9. The van der Waals surface area contributed by atoms with Gasteiger partial charge in [0.2, 0.25) is 5.91 Å². The lowest BCUT2D eigenvalue weighted by Gasteiger charge is -2.36. The fourth-order valence-electron chi connectivity index (χ4n) is 2.94. The number of carbonyl (C=O) groups is 1. The molecule has 1 heterocycles. The number of hydrogen-bond donors (Lipinski definition) is 1. The molecule has 1 atom stereocenters. The van der Waals surface area contributed by atoms with Crippen LogP contribution in [0.2, 0.25) is 5.02 Å². The van der Waals surface area contributed by atoms with E-state index in [1.165, 1.54) is 6.07 Å². The Morgan fingerprint density at radius 3 is 2.72 bits per heavy atom. The number of rotatable bonds is 3. The van der Waals surface area contributed by atoms with Gasteiger partial charge in [0.05, 0.1) is 12.5 Å². The van der Waals surface area contributed by atoms with Gasteiger partial charge in [0.15, 0.2) is 11.6 Å². The third-order valence-corrected chi connectivity index (χ3v) is 4.37. The van der Waals surface area contributed by atoms with Crippen LogP contribution in [0.3, 0.4) is 0 Å². The van der Waals surface area contributed by atoms with Gasteiger partial charge in [-0.15, -0.1) is 12.4 Å². The molecule has 1 amide bonds. The highest BCUT2D eigenvalue weighted by Crippen LogP contribution is 2.25. The SMILES string of the molecule is Cl.O=C(Cc1ccc(F)c(F)c1)N1CCNCC1c1cccc(Cl)c1. The molecule has 3 nitrogen and oxygen atoms in total. The molecule has 0 saturated carbocycles. The Bertz CT molecular complexity index is 758. The van der Waals surface area contributed by atoms with Crippen LogP contribution in [0.5, 0.6) is 0 Å². The van der Waals surface area contributed by atoms with Crippen molar-refractivity contribution >= 4 is 29.9 Å². The van der Waals surface area contributed by atoms with Gasteiger partial charge < -0.3 is 10.2 Å². The van der Waals surface area contributed by atoms with E-state index in [1.807, 2.05) is 18.2 Å². The Balaban J connectivity index is 0.00000225. The van der Waals surface area contributed by atoms with Crippen molar-refractivity contribution < 1.29 is 13.6 Å². The van der Waals surface area contributed by atoms with Crippen LogP contribution >= 0.6 is 24.0 Å². The highest BCUT2D eigenvalue weighted by Gasteiger charge is 2.28. The first-order valence-electron chi connectivity index (χ1n) is 7.74. The van der Waals surface area contributed by atoms with Crippen molar-refractivity contribution in [3.05, 3.63) is 70.2 Å². The van der Waals surface area contributed by atoms with E-state index in [0.717, 1.165) is 17.7 Å². The molecule has 1 N–H and O–H groups in total. The highest BCUT2D eigenvalue weighted by atomic mass is 35.5. The first-order valence-corrected chi connectivity index (χ1v) is 8.12. The van der Waals surface area contributed by atoms with Gasteiger partial charge in [-0.25, -0.2) is 8.78 Å². The molecule has 1 unspecified atom stereocenters. The molecule has 1 aliphatic rings. The van der Waals surface area contributed by atoms with Crippen LogP contribution in [0.4, 0.5) is 8.78 Å². The van der Waals surface area contributed by atoms with Crippen molar-refractivity contribution in [2.45, 2.75) is 12.5 Å². The Morgan fingerprint density at radius 1 is 1.20 bits per heavy atom. The Hall–Kier alpha value is -1.69. The second-order valence-corrected chi connectivity index (χ2v) is 6.22. The lowest BCUT2D eigenvalue weighted by atomic mass is 10.0. The summed E-state index contributed by atoms with van der Waals surface area (Å²) in [5.41, 5.74) is 1.41. The minimum absolute atomic E-state index is 0. The molecule has 7 heteroatoms. The summed E-state index contributed by atoms with van der Waals surface area (Å²) >= 11 is 6.05. The van der Waals surface area contributed by atoms with Gasteiger partial charge >= 0.3 is 0 Å². The second-order valence-electron chi connectivity index (χ2n) is 5.79. The molecule has 1 aliphatic heterocycles. The number of nitrogens with one attached hydrogen (secondary N) is 1. The number of halogens is 4. The maximum atomic E-state index is 13.3. The number of nitrogens with zero attached hydrogens (tertiary/aromatic N) is 1. The molecule has 0 aliphatic carbocycles. The second kappa shape index (κ2) is 8.61. The third-order valence-electron chi connectivity index (χ3n) is 4.14. The van der Waals surface area contributed by atoms with Crippen LogP contribution in [0.15, 0.2) is 42.5 Å². The Kier molecular flexibility index (Phi) is 6.76. The van der Waals surface area contributed by atoms with Gasteiger partial charge in [-0.2, -0.15) is 0 Å². The van der Waals surface area contributed by atoms with Gasteiger partial charge in [-0.05, 0) is 35.4 Å². The number of benzene rings is 2. The number of carbonyl (C=O) groups excluding carboxylic acids is 1. The van der Waals surface area contributed by atoms with E-state index in [4.69, 9.17) is 11.6 Å². The fourth-order valence-corrected chi connectivity index (χ4v) is 3.14. The predicted octanol–water partition coefficient (Wildman–Crippen LogP) is 3.76. The molecular weight excluding hydrogens is 369 g/mol. The summed E-state index contributed by atoms with van der Waals surface area (Å²) in [4.78, 5) is 14.4. The van der Waals surface area contributed by atoms with Crippen molar-refractivity contribution in [3.63, 3.8) is 0 Å². The summed E-state index contributed by atoms with van der Waals surface area (Å²) in [6, 6.07) is 10.8. The molecule has 134 valence electrons. The largest absolute Gasteiger partial charge is 0.333 e. The average Bonchev–Trinajstić information content (AvgIpc) is 2.58. The van der Waals surface area contributed by atoms with E-state index in [1.54, 1.807) is 11.0 Å². The minimum Gasteiger partial charge on any atom is -0.333 e. The van der Waals surface area contributed by atoms with Crippen molar-refractivity contribution in [1.82, 2.24) is 10.2 Å². The first-order chi connectivity index (χ1) is 11.5. The maximum Gasteiger partial charge on any atom is 0.227 e. The Labute approximate surface area is 156 Å². The number of hydrogen-bond acceptors (Lipinski definition) is 2. The lowest BCUT2D eigenvalue weighted by Crippen LogP contribution is -2.49. The van der Waals surface area contributed by atoms with Crippen molar-refractivity contribution in [3.8, 4) is 0 Å². The van der Waals surface area contributed by atoms with Crippen LogP contribution < -0.4 is 5.32 Å². The van der Waals surface area contributed by atoms with E-state index >= 15 is 0 Å². The predicted molar refractivity (Wildman–Crippen MR) is 96.1 cm³/mol. The summed E-state index contributed by atoms with van der Waals surface area (Å²) in [6.07, 6.45) is 0.0360. The van der Waals surface area contributed by atoms with Gasteiger partial charge in [-0.3, -0.25) is 4.79 Å². The maximum absolute atomic E-state index is 13.3. The van der Waals surface area contributed by atoms with E-state index in [9.17, 15) is 13.6 Å². The van der Waals surface area contributed by atoms with Crippen LogP contribution in [0.1, 0.15) is 17.2 Å². The number of amides is 1. The molecule has 25 heavy (non-hydrogen) atoms. The van der Waals surface area contributed by atoms with Gasteiger partial charge in [0.25, 0.3) is 0 Å². The fraction of sp³-hybridized carbons (Fsp3) is 0.278. The molecule has 0 bridgehead atoms. The molecule has 1 saturated heterocycles. The van der Waals surface area contributed by atoms with Crippen molar-refractivity contribution in [2.24, 2.45) is 0 Å². The molecule has 1 fully saturated rings. The van der Waals surface area contributed by atoms with E-state index < -0.39 is 11.6 Å². The third kappa shape index (κ3) is 4.69. The smallest absolute Gasteiger partial charge is 0.227 e. The molecular formula is C18H18Cl2F2N2O. The minimum atomic E-state index is -0.938. The Morgan fingerprint density at radius 2 is 2.00 bits per heavy atom. The zero-order valence-electron chi connectivity index (χ0n) is 13.3. The molecule has 2 aromatic carbocycles. The molecule has 3 rings (SSSR count). The standard InChI is InChI=1S/C18H17ClF2N2O.ClH/c19-14-3-1-2-13(10-14)17-11-22-6-7-23(17)18(24)9-12-4-5-15(20)16(21)8-12;/h1-5,8,10,17,22H,6-7,9,11H2;1H.